The average Bonchev–Trinajstić information content (AvgIpc) is 2.34. The summed E-state index contributed by atoms with van der Waals surface area (Å²) in [6, 6.07) is 0. The highest BCUT2D eigenvalue weighted by Crippen LogP contribution is 2.21. The monoisotopic (exact) mass is 140 g/mol. The van der Waals surface area contributed by atoms with Crippen LogP contribution in [-0.4, -0.2) is 11.8 Å². The molecule has 4 nitrogen and oxygen atoms in total. The number of aromatic nitrogens is 1. The van der Waals surface area contributed by atoms with Gasteiger partial charge >= 0.3 is 0 Å². The second-order valence-corrected chi connectivity index (χ2v) is 2.27. The van der Waals surface area contributed by atoms with E-state index in [0.29, 0.717) is 12.4 Å². The average molecular weight is 140 g/mol. The van der Waals surface area contributed by atoms with Crippen molar-refractivity contribution >= 4 is 5.82 Å². The molecule has 0 atom stereocenters. The molecule has 0 saturated heterocycles. The molecular weight excluding hydrogens is 132 g/mol. The Kier molecular flexibility index (Phi) is 1.14. The Morgan fingerprint density at radius 3 is 3.20 bits per heavy atom. The number of anilines is 1. The van der Waals surface area contributed by atoms with Crippen LogP contribution in [0.25, 0.3) is 0 Å². The van der Waals surface area contributed by atoms with Crippen molar-refractivity contribution < 1.29 is 9.26 Å². The molecule has 1 aliphatic heterocycles. The van der Waals surface area contributed by atoms with Gasteiger partial charge in [0.05, 0.1) is 6.61 Å². The zero-order valence-electron chi connectivity index (χ0n) is 5.46. The van der Waals surface area contributed by atoms with Crippen LogP contribution in [0.15, 0.2) is 4.52 Å². The summed E-state index contributed by atoms with van der Waals surface area (Å²) in [5.41, 5.74) is 6.52. The first-order valence-electron chi connectivity index (χ1n) is 3.18. The first kappa shape index (κ1) is 5.73. The Bertz CT molecular complexity index is 244. The smallest absolute Gasteiger partial charge is 0.170 e. The number of ether oxygens (including phenoxy) is 1. The van der Waals surface area contributed by atoms with Gasteiger partial charge in [-0.2, -0.15) is 0 Å². The molecular formula is C6H8N2O2. The molecule has 2 rings (SSSR count). The third-order valence-electron chi connectivity index (χ3n) is 1.63. The molecule has 0 saturated carbocycles. The van der Waals surface area contributed by atoms with Crippen LogP contribution in [0.3, 0.4) is 0 Å². The molecule has 4 heteroatoms. The number of hydrogen-bond donors (Lipinski definition) is 1. The molecule has 0 radical (unpaired) electrons. The van der Waals surface area contributed by atoms with Crippen molar-refractivity contribution in [2.45, 2.75) is 13.0 Å². The molecule has 0 fully saturated rings. The highest BCUT2D eigenvalue weighted by Gasteiger charge is 2.17. The Morgan fingerprint density at radius 2 is 2.40 bits per heavy atom. The van der Waals surface area contributed by atoms with Gasteiger partial charge in [-0.15, -0.1) is 0 Å². The summed E-state index contributed by atoms with van der Waals surface area (Å²) in [6.07, 6.45) is 0.824. The van der Waals surface area contributed by atoms with Crippen LogP contribution < -0.4 is 5.73 Å². The van der Waals surface area contributed by atoms with Gasteiger partial charge < -0.3 is 15.0 Å². The lowest BCUT2D eigenvalue weighted by molar-refractivity contribution is 0.0894. The van der Waals surface area contributed by atoms with Gasteiger partial charge in [0.1, 0.15) is 6.61 Å². The molecule has 0 aromatic carbocycles. The number of nitrogens with two attached hydrogens (primary N) is 1. The van der Waals surface area contributed by atoms with Crippen LogP contribution in [0.1, 0.15) is 11.3 Å². The van der Waals surface area contributed by atoms with Gasteiger partial charge in [0, 0.05) is 12.0 Å². The molecule has 2 N–H and O–H groups in total. The third kappa shape index (κ3) is 0.690. The predicted octanol–water partition coefficient (Wildman–Crippen LogP) is 0.329. The number of nitrogens with zero attached hydrogens (tertiary/aromatic N) is 1. The zero-order valence-corrected chi connectivity index (χ0v) is 5.46. The van der Waals surface area contributed by atoms with Crippen molar-refractivity contribution in [1.29, 1.82) is 0 Å². The SMILES string of the molecule is Nc1noc2c1CCOC2. The molecule has 0 amide bonds. The normalized spacial score (nSPS) is 16.8. The Labute approximate surface area is 57.9 Å². The van der Waals surface area contributed by atoms with Crippen LogP contribution in [0.2, 0.25) is 0 Å². The van der Waals surface area contributed by atoms with Gasteiger partial charge in [0.25, 0.3) is 0 Å². The van der Waals surface area contributed by atoms with E-state index >= 15 is 0 Å². The fraction of sp³-hybridized carbons (Fsp3) is 0.500. The minimum atomic E-state index is 0.512. The molecule has 54 valence electrons. The highest BCUT2D eigenvalue weighted by atomic mass is 16.5. The van der Waals surface area contributed by atoms with Gasteiger partial charge in [-0.1, -0.05) is 5.16 Å². The summed E-state index contributed by atoms with van der Waals surface area (Å²) in [5, 5.41) is 3.62. The van der Waals surface area contributed by atoms with Crippen LogP contribution >= 0.6 is 0 Å². The lowest BCUT2D eigenvalue weighted by atomic mass is 10.1. The minimum absolute atomic E-state index is 0.512. The van der Waals surface area contributed by atoms with E-state index in [0.717, 1.165) is 24.4 Å². The maximum Gasteiger partial charge on any atom is 0.170 e. The van der Waals surface area contributed by atoms with Gasteiger partial charge in [-0.3, -0.25) is 0 Å². The fourth-order valence-electron chi connectivity index (χ4n) is 1.08. The topological polar surface area (TPSA) is 61.3 Å². The molecule has 1 aromatic heterocycles. The van der Waals surface area contributed by atoms with Crippen molar-refractivity contribution in [1.82, 2.24) is 5.16 Å². The van der Waals surface area contributed by atoms with Crippen molar-refractivity contribution in [3.8, 4) is 0 Å². The predicted molar refractivity (Wildman–Crippen MR) is 34.3 cm³/mol. The van der Waals surface area contributed by atoms with Crippen molar-refractivity contribution in [3.05, 3.63) is 11.3 Å². The molecule has 0 spiro atoms. The van der Waals surface area contributed by atoms with E-state index in [9.17, 15) is 0 Å². The van der Waals surface area contributed by atoms with Gasteiger partial charge in [0.2, 0.25) is 0 Å². The number of fused-ring (bicyclic) bond motifs is 1. The first-order chi connectivity index (χ1) is 4.88. The molecule has 0 aliphatic carbocycles. The molecule has 0 bridgehead atoms. The minimum Gasteiger partial charge on any atom is -0.381 e. The van der Waals surface area contributed by atoms with E-state index in [1.54, 1.807) is 0 Å². The summed E-state index contributed by atoms with van der Waals surface area (Å²) >= 11 is 0. The largest absolute Gasteiger partial charge is 0.381 e. The summed E-state index contributed by atoms with van der Waals surface area (Å²) in [5.74, 6) is 1.29. The number of rotatable bonds is 0. The lowest BCUT2D eigenvalue weighted by Gasteiger charge is -2.08. The van der Waals surface area contributed by atoms with Crippen LogP contribution in [-0.2, 0) is 17.8 Å². The molecule has 1 aromatic rings. The summed E-state index contributed by atoms with van der Waals surface area (Å²) in [6.45, 7) is 1.23. The summed E-state index contributed by atoms with van der Waals surface area (Å²) in [4.78, 5) is 0. The second kappa shape index (κ2) is 1.98. The molecule has 10 heavy (non-hydrogen) atoms. The third-order valence-corrected chi connectivity index (χ3v) is 1.63. The molecule has 2 heterocycles. The fourth-order valence-corrected chi connectivity index (χ4v) is 1.08. The van der Waals surface area contributed by atoms with E-state index in [1.165, 1.54) is 0 Å². The molecule has 1 aliphatic rings. The van der Waals surface area contributed by atoms with Crippen molar-refractivity contribution in [2.75, 3.05) is 12.3 Å². The van der Waals surface area contributed by atoms with E-state index in [-0.39, 0.29) is 0 Å². The van der Waals surface area contributed by atoms with Gasteiger partial charge in [-0.05, 0) is 0 Å². The Morgan fingerprint density at radius 1 is 1.50 bits per heavy atom. The quantitative estimate of drug-likeness (QED) is 0.564. The molecule has 0 unspecified atom stereocenters. The van der Waals surface area contributed by atoms with Gasteiger partial charge in [0.15, 0.2) is 11.6 Å². The first-order valence-corrected chi connectivity index (χ1v) is 3.18. The summed E-state index contributed by atoms with van der Waals surface area (Å²) in [7, 11) is 0. The number of hydrogen-bond acceptors (Lipinski definition) is 4. The van der Waals surface area contributed by atoms with Crippen LogP contribution in [0, 0.1) is 0 Å². The van der Waals surface area contributed by atoms with E-state index in [4.69, 9.17) is 15.0 Å². The van der Waals surface area contributed by atoms with Gasteiger partial charge in [-0.25, -0.2) is 0 Å². The maximum absolute atomic E-state index is 5.50. The summed E-state index contributed by atoms with van der Waals surface area (Å²) < 4.78 is 10.0. The maximum atomic E-state index is 5.50. The highest BCUT2D eigenvalue weighted by molar-refractivity contribution is 5.40. The second-order valence-electron chi connectivity index (χ2n) is 2.27. The van der Waals surface area contributed by atoms with Crippen LogP contribution in [0.4, 0.5) is 5.82 Å². The van der Waals surface area contributed by atoms with Crippen molar-refractivity contribution in [3.63, 3.8) is 0 Å². The van der Waals surface area contributed by atoms with E-state index < -0.39 is 0 Å². The Balaban J connectivity index is 2.45. The Hall–Kier alpha value is -1.03. The zero-order chi connectivity index (χ0) is 6.97. The lowest BCUT2D eigenvalue weighted by Crippen LogP contribution is -2.08. The van der Waals surface area contributed by atoms with E-state index in [1.807, 2.05) is 0 Å². The van der Waals surface area contributed by atoms with Crippen molar-refractivity contribution in [2.24, 2.45) is 0 Å². The standard InChI is InChI=1S/C6H8N2O2/c7-6-4-1-2-9-3-5(4)10-8-6/h1-3H2,(H2,7,8). The van der Waals surface area contributed by atoms with Crippen LogP contribution in [0.5, 0.6) is 0 Å². The van der Waals surface area contributed by atoms with E-state index in [2.05, 4.69) is 5.16 Å². The number of nitrogen functional groups attached to an aromatic ring is 1.